The molecule has 0 saturated heterocycles. The minimum atomic E-state index is -1.14. The Morgan fingerprint density at radius 3 is 2.62 bits per heavy atom. The number of carbonyl (C=O) groups is 1. The van der Waals surface area contributed by atoms with Crippen LogP contribution in [0.3, 0.4) is 0 Å². The normalized spacial score (nSPS) is 11.0. The topological polar surface area (TPSA) is 37.3 Å². The molecule has 2 rings (SSSR count). The molecule has 0 aliphatic carbocycles. The van der Waals surface area contributed by atoms with Crippen molar-refractivity contribution in [3.63, 3.8) is 0 Å². The van der Waals surface area contributed by atoms with Gasteiger partial charge in [0.05, 0.1) is 0 Å². The van der Waals surface area contributed by atoms with Crippen LogP contribution in [0.25, 0.3) is 6.08 Å². The maximum absolute atomic E-state index is 13.5. The molecule has 108 valence electrons. The third kappa shape index (κ3) is 4.43. The maximum atomic E-state index is 13.5. The average Bonchev–Trinajstić information content (AvgIpc) is 2.46. The second-order valence-electron chi connectivity index (χ2n) is 4.25. The van der Waals surface area contributed by atoms with Gasteiger partial charge in [-0.15, -0.1) is 11.8 Å². The molecule has 21 heavy (non-hydrogen) atoms. The van der Waals surface area contributed by atoms with Crippen LogP contribution in [0.15, 0.2) is 53.4 Å². The molecule has 1 N–H and O–H groups in total. The monoisotopic (exact) mass is 306 g/mol. The summed E-state index contributed by atoms with van der Waals surface area (Å²) in [5, 5.41) is 8.56. The van der Waals surface area contributed by atoms with Crippen molar-refractivity contribution in [1.82, 2.24) is 0 Å². The predicted octanol–water partition coefficient (Wildman–Crippen LogP) is 4.35. The molecule has 0 aliphatic rings. The fraction of sp³-hybridized carbons (Fsp3) is 0.0625. The van der Waals surface area contributed by atoms with Gasteiger partial charge in [-0.2, -0.15) is 0 Å². The van der Waals surface area contributed by atoms with Gasteiger partial charge in [0.2, 0.25) is 0 Å². The van der Waals surface area contributed by atoms with E-state index in [1.54, 1.807) is 30.3 Å². The summed E-state index contributed by atoms with van der Waals surface area (Å²) in [7, 11) is 0. The highest BCUT2D eigenvalue weighted by molar-refractivity contribution is 7.98. The van der Waals surface area contributed by atoms with Gasteiger partial charge in [0.1, 0.15) is 11.6 Å². The first-order valence-corrected chi connectivity index (χ1v) is 7.11. The van der Waals surface area contributed by atoms with Gasteiger partial charge in [-0.25, -0.2) is 13.6 Å². The van der Waals surface area contributed by atoms with Crippen LogP contribution in [-0.4, -0.2) is 11.1 Å². The number of rotatable bonds is 5. The quantitative estimate of drug-likeness (QED) is 0.659. The van der Waals surface area contributed by atoms with E-state index in [1.165, 1.54) is 30.0 Å². The van der Waals surface area contributed by atoms with Crippen molar-refractivity contribution in [2.75, 3.05) is 0 Å². The van der Waals surface area contributed by atoms with Crippen molar-refractivity contribution in [1.29, 1.82) is 0 Å². The van der Waals surface area contributed by atoms with Crippen LogP contribution in [0.4, 0.5) is 8.78 Å². The lowest BCUT2D eigenvalue weighted by molar-refractivity contribution is -0.131. The van der Waals surface area contributed by atoms with Crippen molar-refractivity contribution in [3.05, 3.63) is 71.3 Å². The van der Waals surface area contributed by atoms with E-state index in [4.69, 9.17) is 5.11 Å². The average molecular weight is 306 g/mol. The summed E-state index contributed by atoms with van der Waals surface area (Å²) in [4.78, 5) is 11.0. The molecule has 0 radical (unpaired) electrons. The van der Waals surface area contributed by atoms with Crippen molar-refractivity contribution in [2.24, 2.45) is 0 Å². The van der Waals surface area contributed by atoms with Crippen LogP contribution < -0.4 is 0 Å². The Hall–Kier alpha value is -2.14. The molecule has 0 spiro atoms. The molecule has 0 fully saturated rings. The Morgan fingerprint density at radius 1 is 1.14 bits per heavy atom. The lowest BCUT2D eigenvalue weighted by Crippen LogP contribution is -1.90. The molecule has 2 nitrogen and oxygen atoms in total. The number of hydrogen-bond donors (Lipinski definition) is 1. The summed E-state index contributed by atoms with van der Waals surface area (Å²) in [6, 6.07) is 10.9. The van der Waals surface area contributed by atoms with Crippen molar-refractivity contribution < 1.29 is 18.7 Å². The molecule has 0 atom stereocenters. The number of carboxylic acid groups (broad SMARTS) is 1. The fourth-order valence-electron chi connectivity index (χ4n) is 1.69. The SMILES string of the molecule is O=C(O)C=Cc1cc(CSc2ccccc2F)ccc1F. The molecule has 0 aliphatic heterocycles. The fourth-order valence-corrected chi connectivity index (χ4v) is 2.58. The number of thioether (sulfide) groups is 1. The third-order valence-electron chi connectivity index (χ3n) is 2.70. The predicted molar refractivity (Wildman–Crippen MR) is 79.0 cm³/mol. The molecule has 0 unspecified atom stereocenters. The molecule has 0 aromatic heterocycles. The first-order valence-electron chi connectivity index (χ1n) is 6.13. The van der Waals surface area contributed by atoms with Crippen molar-refractivity contribution >= 4 is 23.8 Å². The third-order valence-corrected chi connectivity index (χ3v) is 3.82. The number of benzene rings is 2. The Kier molecular flexibility index (Phi) is 5.11. The van der Waals surface area contributed by atoms with E-state index >= 15 is 0 Å². The van der Waals surface area contributed by atoms with Crippen LogP contribution in [0.2, 0.25) is 0 Å². The molecule has 0 heterocycles. The van der Waals surface area contributed by atoms with Gasteiger partial charge in [0.15, 0.2) is 0 Å². The van der Waals surface area contributed by atoms with E-state index in [1.807, 2.05) is 0 Å². The lowest BCUT2D eigenvalue weighted by atomic mass is 10.1. The summed E-state index contributed by atoms with van der Waals surface area (Å²) in [5.74, 6) is -1.46. The molecule has 2 aromatic rings. The molecule has 0 saturated carbocycles. The minimum Gasteiger partial charge on any atom is -0.478 e. The highest BCUT2D eigenvalue weighted by Gasteiger charge is 2.05. The highest BCUT2D eigenvalue weighted by Crippen LogP contribution is 2.26. The Balaban J connectivity index is 2.12. The Morgan fingerprint density at radius 2 is 1.90 bits per heavy atom. The number of aliphatic carboxylic acids is 1. The largest absolute Gasteiger partial charge is 0.478 e. The molecule has 0 bridgehead atoms. The smallest absolute Gasteiger partial charge is 0.328 e. The molecule has 0 amide bonds. The Labute approximate surface area is 125 Å². The van der Waals surface area contributed by atoms with E-state index < -0.39 is 11.8 Å². The van der Waals surface area contributed by atoms with E-state index in [0.29, 0.717) is 10.6 Å². The second-order valence-corrected chi connectivity index (χ2v) is 5.26. The van der Waals surface area contributed by atoms with Gasteiger partial charge in [-0.1, -0.05) is 18.2 Å². The summed E-state index contributed by atoms with van der Waals surface area (Å²) in [5.41, 5.74) is 0.985. The zero-order chi connectivity index (χ0) is 15.2. The van der Waals surface area contributed by atoms with Gasteiger partial charge in [-0.05, 0) is 35.9 Å². The molecule has 5 heteroatoms. The Bertz CT molecular complexity index is 684. The van der Waals surface area contributed by atoms with Crippen LogP contribution in [-0.2, 0) is 10.5 Å². The van der Waals surface area contributed by atoms with Gasteiger partial charge < -0.3 is 5.11 Å². The van der Waals surface area contributed by atoms with Gasteiger partial charge in [0.25, 0.3) is 0 Å². The highest BCUT2D eigenvalue weighted by atomic mass is 32.2. The summed E-state index contributed by atoms with van der Waals surface area (Å²) >= 11 is 1.30. The summed E-state index contributed by atoms with van der Waals surface area (Å²) < 4.78 is 27.0. The zero-order valence-corrected chi connectivity index (χ0v) is 11.7. The first kappa shape index (κ1) is 15.3. The van der Waals surface area contributed by atoms with Crippen molar-refractivity contribution in [2.45, 2.75) is 10.6 Å². The molecular formula is C16H12F2O2S. The van der Waals surface area contributed by atoms with Crippen LogP contribution >= 0.6 is 11.8 Å². The number of halogens is 2. The van der Waals surface area contributed by atoms with E-state index in [2.05, 4.69) is 0 Å². The number of carboxylic acids is 1. The lowest BCUT2D eigenvalue weighted by Gasteiger charge is -2.05. The van der Waals surface area contributed by atoms with Gasteiger partial charge >= 0.3 is 5.97 Å². The molecule has 2 aromatic carbocycles. The standard InChI is InChI=1S/C16H12F2O2S/c17-13-7-5-11(9-12(13)6-8-16(19)20)10-21-15-4-2-1-3-14(15)18/h1-9H,10H2,(H,19,20). The maximum Gasteiger partial charge on any atom is 0.328 e. The zero-order valence-electron chi connectivity index (χ0n) is 10.9. The first-order chi connectivity index (χ1) is 10.1. The number of hydrogen-bond acceptors (Lipinski definition) is 2. The van der Waals surface area contributed by atoms with Crippen LogP contribution in [0, 0.1) is 11.6 Å². The van der Waals surface area contributed by atoms with E-state index in [-0.39, 0.29) is 11.4 Å². The van der Waals surface area contributed by atoms with E-state index in [0.717, 1.165) is 11.6 Å². The molecular weight excluding hydrogens is 294 g/mol. The second kappa shape index (κ2) is 7.04. The van der Waals surface area contributed by atoms with E-state index in [9.17, 15) is 13.6 Å². The minimum absolute atomic E-state index is 0.198. The van der Waals surface area contributed by atoms with Crippen molar-refractivity contribution in [3.8, 4) is 0 Å². The summed E-state index contributed by atoms with van der Waals surface area (Å²) in [6.07, 6.45) is 2.08. The van der Waals surface area contributed by atoms with Gasteiger partial charge in [-0.3, -0.25) is 0 Å². The summed E-state index contributed by atoms with van der Waals surface area (Å²) in [6.45, 7) is 0. The van der Waals surface area contributed by atoms with Gasteiger partial charge in [0, 0.05) is 22.3 Å². The van der Waals surface area contributed by atoms with Crippen LogP contribution in [0.5, 0.6) is 0 Å². The van der Waals surface area contributed by atoms with Crippen LogP contribution in [0.1, 0.15) is 11.1 Å².